The Hall–Kier alpha value is -2.90. The number of carbonyl (C=O) groups excluding carboxylic acids is 2. The van der Waals surface area contributed by atoms with Gasteiger partial charge in [0.05, 0.1) is 5.56 Å². The number of amides is 1. The molecule has 2 aromatic rings. The molecule has 1 saturated heterocycles. The first-order valence-corrected chi connectivity index (χ1v) is 8.99. The summed E-state index contributed by atoms with van der Waals surface area (Å²) in [5.74, 6) is 0.151. The number of hydrogen-bond acceptors (Lipinski definition) is 4. The average molecular weight is 391 g/mol. The van der Waals surface area contributed by atoms with E-state index >= 15 is 0 Å². The van der Waals surface area contributed by atoms with Crippen molar-refractivity contribution >= 4 is 17.5 Å². The molecule has 3 rings (SSSR count). The molecule has 8 heteroatoms. The number of nitrogens with zero attached hydrogens (tertiary/aromatic N) is 2. The van der Waals surface area contributed by atoms with Crippen LogP contribution in [0.5, 0.6) is 0 Å². The fourth-order valence-corrected chi connectivity index (χ4v) is 3.12. The van der Waals surface area contributed by atoms with Crippen LogP contribution in [0.1, 0.15) is 35.2 Å². The van der Waals surface area contributed by atoms with Crippen molar-refractivity contribution in [2.75, 3.05) is 18.0 Å². The van der Waals surface area contributed by atoms with Gasteiger partial charge in [-0.05, 0) is 18.6 Å². The first-order valence-electron chi connectivity index (χ1n) is 8.99. The predicted molar refractivity (Wildman–Crippen MR) is 98.0 cm³/mol. The number of aromatic nitrogens is 1. The maximum absolute atomic E-state index is 12.6. The molecule has 0 bridgehead atoms. The Morgan fingerprint density at radius 1 is 1.11 bits per heavy atom. The van der Waals surface area contributed by atoms with Crippen LogP contribution < -0.4 is 10.2 Å². The molecule has 0 aliphatic carbocycles. The van der Waals surface area contributed by atoms with E-state index in [1.807, 2.05) is 11.0 Å². The first-order chi connectivity index (χ1) is 13.3. The fraction of sp³-hybridized carbons (Fsp3) is 0.350. The Bertz CT molecular complexity index is 823. The SMILES string of the molecule is O=C(CCC(=O)c1ccccc1)NC1CCN(c2ccc(C(F)(F)F)cn2)C1. The summed E-state index contributed by atoms with van der Waals surface area (Å²) in [6.07, 6.45) is -2.70. The van der Waals surface area contributed by atoms with Crippen molar-refractivity contribution in [3.8, 4) is 0 Å². The highest BCUT2D eigenvalue weighted by molar-refractivity contribution is 5.97. The summed E-state index contributed by atoms with van der Waals surface area (Å²) < 4.78 is 37.8. The zero-order chi connectivity index (χ0) is 20.1. The highest BCUT2D eigenvalue weighted by Gasteiger charge is 2.31. The van der Waals surface area contributed by atoms with E-state index in [0.717, 1.165) is 12.3 Å². The first kappa shape index (κ1) is 19.9. The topological polar surface area (TPSA) is 62.3 Å². The van der Waals surface area contributed by atoms with Gasteiger partial charge in [0.15, 0.2) is 5.78 Å². The number of anilines is 1. The Balaban J connectivity index is 1.46. The summed E-state index contributed by atoms with van der Waals surface area (Å²) in [4.78, 5) is 29.9. The van der Waals surface area contributed by atoms with E-state index in [1.165, 1.54) is 6.07 Å². The van der Waals surface area contributed by atoms with E-state index in [-0.39, 0.29) is 30.6 Å². The number of Topliss-reactive ketones (excluding diaryl/α,β-unsaturated/α-hetero) is 1. The Morgan fingerprint density at radius 3 is 2.50 bits per heavy atom. The molecule has 1 aliphatic heterocycles. The van der Waals surface area contributed by atoms with Crippen LogP contribution in [0.15, 0.2) is 48.7 Å². The quantitative estimate of drug-likeness (QED) is 0.766. The van der Waals surface area contributed by atoms with Crippen molar-refractivity contribution < 1.29 is 22.8 Å². The highest BCUT2D eigenvalue weighted by Crippen LogP contribution is 2.29. The van der Waals surface area contributed by atoms with Crippen LogP contribution in [0, 0.1) is 0 Å². The van der Waals surface area contributed by atoms with Gasteiger partial charge in [-0.3, -0.25) is 9.59 Å². The molecule has 1 fully saturated rings. The lowest BCUT2D eigenvalue weighted by Crippen LogP contribution is -2.37. The van der Waals surface area contributed by atoms with Crippen molar-refractivity contribution in [1.29, 1.82) is 0 Å². The monoisotopic (exact) mass is 391 g/mol. The number of pyridine rings is 1. The number of halogens is 3. The van der Waals surface area contributed by atoms with Crippen molar-refractivity contribution in [2.45, 2.75) is 31.5 Å². The Morgan fingerprint density at radius 2 is 1.86 bits per heavy atom. The molecule has 0 spiro atoms. The Kier molecular flexibility index (Phi) is 5.96. The van der Waals surface area contributed by atoms with Gasteiger partial charge >= 0.3 is 6.18 Å². The van der Waals surface area contributed by atoms with E-state index in [2.05, 4.69) is 10.3 Å². The van der Waals surface area contributed by atoms with Crippen LogP contribution in [-0.4, -0.2) is 35.8 Å². The number of hydrogen-bond donors (Lipinski definition) is 1. The molecule has 5 nitrogen and oxygen atoms in total. The van der Waals surface area contributed by atoms with E-state index in [1.54, 1.807) is 24.3 Å². The molecule has 0 saturated carbocycles. The van der Waals surface area contributed by atoms with Gasteiger partial charge in [0.1, 0.15) is 5.82 Å². The summed E-state index contributed by atoms with van der Waals surface area (Å²) in [5.41, 5.74) is -0.209. The molecule has 1 amide bonds. The zero-order valence-corrected chi connectivity index (χ0v) is 15.1. The van der Waals surface area contributed by atoms with Gasteiger partial charge in [-0.15, -0.1) is 0 Å². The van der Waals surface area contributed by atoms with Gasteiger partial charge < -0.3 is 10.2 Å². The van der Waals surface area contributed by atoms with Crippen LogP contribution in [0.4, 0.5) is 19.0 Å². The van der Waals surface area contributed by atoms with Crippen LogP contribution >= 0.6 is 0 Å². The van der Waals surface area contributed by atoms with Gasteiger partial charge in [0.2, 0.25) is 5.91 Å². The second-order valence-electron chi connectivity index (χ2n) is 6.69. The third kappa shape index (κ3) is 5.09. The average Bonchev–Trinajstić information content (AvgIpc) is 3.14. The molecule has 1 unspecified atom stereocenters. The maximum atomic E-state index is 12.6. The molecule has 2 heterocycles. The number of alkyl halides is 3. The smallest absolute Gasteiger partial charge is 0.354 e. The van der Waals surface area contributed by atoms with Gasteiger partial charge in [0, 0.05) is 43.7 Å². The van der Waals surface area contributed by atoms with E-state index in [4.69, 9.17) is 0 Å². The Labute approximate surface area is 160 Å². The minimum absolute atomic E-state index is 0.0854. The van der Waals surface area contributed by atoms with E-state index in [0.29, 0.717) is 30.9 Å². The lowest BCUT2D eigenvalue weighted by Gasteiger charge is -2.18. The summed E-state index contributed by atoms with van der Waals surface area (Å²) in [6, 6.07) is 11.0. The predicted octanol–water partition coefficient (Wildman–Crippen LogP) is 3.46. The third-order valence-electron chi connectivity index (χ3n) is 4.63. The highest BCUT2D eigenvalue weighted by atomic mass is 19.4. The van der Waals surface area contributed by atoms with Gasteiger partial charge in [-0.2, -0.15) is 13.2 Å². The van der Waals surface area contributed by atoms with Crippen LogP contribution in [-0.2, 0) is 11.0 Å². The molecule has 0 radical (unpaired) electrons. The second-order valence-corrected chi connectivity index (χ2v) is 6.69. The number of ketones is 1. The molecule has 28 heavy (non-hydrogen) atoms. The van der Waals surface area contributed by atoms with Crippen molar-refractivity contribution in [2.24, 2.45) is 0 Å². The summed E-state index contributed by atoms with van der Waals surface area (Å²) in [5, 5.41) is 2.88. The summed E-state index contributed by atoms with van der Waals surface area (Å²) in [7, 11) is 0. The molecule has 1 aromatic heterocycles. The minimum atomic E-state index is -4.41. The van der Waals surface area contributed by atoms with E-state index in [9.17, 15) is 22.8 Å². The molecular formula is C20H20F3N3O2. The van der Waals surface area contributed by atoms with Crippen LogP contribution in [0.25, 0.3) is 0 Å². The number of nitrogens with one attached hydrogen (secondary N) is 1. The standard InChI is InChI=1S/C20H20F3N3O2/c21-20(22,23)15-6-8-18(24-12-15)26-11-10-16(13-26)25-19(28)9-7-17(27)14-4-2-1-3-5-14/h1-6,8,12,16H,7,9-11,13H2,(H,25,28). The molecule has 1 atom stereocenters. The van der Waals surface area contributed by atoms with Crippen molar-refractivity contribution in [1.82, 2.24) is 10.3 Å². The van der Waals surface area contributed by atoms with Crippen LogP contribution in [0.2, 0.25) is 0 Å². The number of benzene rings is 1. The van der Waals surface area contributed by atoms with Crippen molar-refractivity contribution in [3.05, 3.63) is 59.8 Å². The largest absolute Gasteiger partial charge is 0.417 e. The molecule has 148 valence electrons. The minimum Gasteiger partial charge on any atom is -0.354 e. The molecule has 1 N–H and O–H groups in total. The molecular weight excluding hydrogens is 371 g/mol. The molecule has 1 aromatic carbocycles. The zero-order valence-electron chi connectivity index (χ0n) is 15.1. The lowest BCUT2D eigenvalue weighted by molar-refractivity contribution is -0.137. The molecule has 1 aliphatic rings. The number of carbonyl (C=O) groups is 2. The van der Waals surface area contributed by atoms with E-state index < -0.39 is 11.7 Å². The lowest BCUT2D eigenvalue weighted by atomic mass is 10.1. The maximum Gasteiger partial charge on any atom is 0.417 e. The van der Waals surface area contributed by atoms with Crippen molar-refractivity contribution in [3.63, 3.8) is 0 Å². The van der Waals surface area contributed by atoms with Crippen LogP contribution in [0.3, 0.4) is 0 Å². The second kappa shape index (κ2) is 8.41. The van der Waals surface area contributed by atoms with Gasteiger partial charge in [-0.1, -0.05) is 30.3 Å². The fourth-order valence-electron chi connectivity index (χ4n) is 3.12. The number of rotatable bonds is 6. The summed E-state index contributed by atoms with van der Waals surface area (Å²) >= 11 is 0. The normalized spacial score (nSPS) is 16.8. The third-order valence-corrected chi connectivity index (χ3v) is 4.63. The van der Waals surface area contributed by atoms with Gasteiger partial charge in [-0.25, -0.2) is 4.98 Å². The van der Waals surface area contributed by atoms with Gasteiger partial charge in [0.25, 0.3) is 0 Å². The summed E-state index contributed by atoms with van der Waals surface area (Å²) in [6.45, 7) is 1.06.